The predicted molar refractivity (Wildman–Crippen MR) is 48.3 cm³/mol. The van der Waals surface area contributed by atoms with Gasteiger partial charge in [0.15, 0.2) is 0 Å². The summed E-state index contributed by atoms with van der Waals surface area (Å²) in [5.41, 5.74) is 0.965. The van der Waals surface area contributed by atoms with Gasteiger partial charge in [-0.05, 0) is 31.7 Å². The highest BCUT2D eigenvalue weighted by molar-refractivity contribution is 6.04. The van der Waals surface area contributed by atoms with Crippen LogP contribution in [0.25, 0.3) is 0 Å². The fourth-order valence-corrected chi connectivity index (χ4v) is 1.14. The molecule has 3 heteroatoms. The molecule has 0 fully saturated rings. The third-order valence-corrected chi connectivity index (χ3v) is 2.30. The molecule has 1 unspecified atom stereocenters. The summed E-state index contributed by atoms with van der Waals surface area (Å²) in [6, 6.07) is 6.80. The lowest BCUT2D eigenvalue weighted by Crippen LogP contribution is -2.18. The highest BCUT2D eigenvalue weighted by Crippen LogP contribution is 2.16. The van der Waals surface area contributed by atoms with Crippen LogP contribution in [0.3, 0.4) is 0 Å². The van der Waals surface area contributed by atoms with Gasteiger partial charge in [-0.15, -0.1) is 0 Å². The monoisotopic (exact) mass is 180 g/mol. The first kappa shape index (κ1) is 9.42. The molecule has 1 nitrogen and oxygen atoms in total. The van der Waals surface area contributed by atoms with Gasteiger partial charge in [-0.2, -0.15) is 0 Å². The zero-order valence-electron chi connectivity index (χ0n) is 7.21. The Hall–Kier alpha value is -0.673. The smallest absolute Gasteiger partial charge is 0.143 e. The number of nitrogens with zero attached hydrogens (tertiary/aromatic N) is 1. The van der Waals surface area contributed by atoms with Gasteiger partial charge in [0.05, 0.1) is 0 Å². The van der Waals surface area contributed by atoms with E-state index in [2.05, 4.69) is 10.4 Å². The second-order valence-corrected chi connectivity index (χ2v) is 3.55. The Morgan fingerprint density at radius 2 is 2.17 bits per heavy atom. The van der Waals surface area contributed by atoms with Gasteiger partial charge in [-0.1, -0.05) is 12.1 Å². The standard InChI is InChI=1S/C9H11FNSi/c1-7(11(2)12)8-4-3-5-9(10)6-8/h3-7H,1-2H3. The minimum Gasteiger partial charge on any atom is -0.323 e. The minimum atomic E-state index is -0.187. The van der Waals surface area contributed by atoms with E-state index >= 15 is 0 Å². The largest absolute Gasteiger partial charge is 0.323 e. The molecule has 0 aliphatic carbocycles. The first-order valence-electron chi connectivity index (χ1n) is 3.81. The van der Waals surface area contributed by atoms with Crippen LogP contribution in [-0.2, 0) is 0 Å². The molecular formula is C9H11FNSi. The molecule has 1 atom stereocenters. The van der Waals surface area contributed by atoms with Crippen molar-refractivity contribution in [2.45, 2.75) is 13.0 Å². The zero-order chi connectivity index (χ0) is 9.14. The number of hydrogen-bond acceptors (Lipinski definition) is 1. The van der Waals surface area contributed by atoms with Crippen LogP contribution in [0.15, 0.2) is 24.3 Å². The summed E-state index contributed by atoms with van der Waals surface area (Å²) in [7, 11) is 5.26. The first-order valence-corrected chi connectivity index (χ1v) is 4.25. The Balaban J connectivity index is 2.88. The van der Waals surface area contributed by atoms with E-state index in [4.69, 9.17) is 0 Å². The summed E-state index contributed by atoms with van der Waals surface area (Å²) in [5.74, 6) is -0.187. The SMILES string of the molecule is CC(c1cccc(F)c1)N(C)[Si]. The topological polar surface area (TPSA) is 3.24 Å². The molecule has 3 radical (unpaired) electrons. The lowest BCUT2D eigenvalue weighted by Gasteiger charge is -2.19. The molecule has 0 aromatic heterocycles. The molecule has 0 amide bonds. The van der Waals surface area contributed by atoms with Crippen LogP contribution >= 0.6 is 0 Å². The zero-order valence-corrected chi connectivity index (χ0v) is 8.21. The third kappa shape index (κ3) is 2.15. The summed E-state index contributed by atoms with van der Waals surface area (Å²) in [6.07, 6.45) is 0. The number of hydrogen-bond donors (Lipinski definition) is 0. The van der Waals surface area contributed by atoms with Gasteiger partial charge >= 0.3 is 0 Å². The van der Waals surface area contributed by atoms with Crippen molar-refractivity contribution in [3.63, 3.8) is 0 Å². The van der Waals surface area contributed by atoms with E-state index < -0.39 is 0 Å². The van der Waals surface area contributed by atoms with Crippen LogP contribution in [0.5, 0.6) is 0 Å². The third-order valence-electron chi connectivity index (χ3n) is 1.91. The van der Waals surface area contributed by atoms with E-state index in [1.165, 1.54) is 6.07 Å². The van der Waals surface area contributed by atoms with Gasteiger partial charge in [0.25, 0.3) is 0 Å². The Morgan fingerprint density at radius 3 is 2.67 bits per heavy atom. The van der Waals surface area contributed by atoms with E-state index in [-0.39, 0.29) is 11.9 Å². The Bertz CT molecular complexity index is 262. The van der Waals surface area contributed by atoms with E-state index in [0.29, 0.717) is 0 Å². The van der Waals surface area contributed by atoms with Crippen molar-refractivity contribution in [2.75, 3.05) is 7.05 Å². The van der Waals surface area contributed by atoms with Crippen LogP contribution < -0.4 is 0 Å². The maximum Gasteiger partial charge on any atom is 0.143 e. The highest BCUT2D eigenvalue weighted by Gasteiger charge is 2.07. The molecule has 1 aromatic carbocycles. The number of benzene rings is 1. The summed E-state index contributed by atoms with van der Waals surface area (Å²) in [5, 5.41) is 0. The van der Waals surface area contributed by atoms with Crippen molar-refractivity contribution >= 4 is 10.4 Å². The van der Waals surface area contributed by atoms with Crippen LogP contribution in [0.4, 0.5) is 4.39 Å². The van der Waals surface area contributed by atoms with Crippen LogP contribution in [0, 0.1) is 5.82 Å². The maximum atomic E-state index is 12.8. The molecule has 0 saturated carbocycles. The predicted octanol–water partition coefficient (Wildman–Crippen LogP) is 1.90. The Morgan fingerprint density at radius 1 is 1.50 bits per heavy atom. The fourth-order valence-electron chi connectivity index (χ4n) is 0.990. The molecule has 63 valence electrons. The molecule has 0 bridgehead atoms. The fraction of sp³-hybridized carbons (Fsp3) is 0.333. The molecule has 0 aliphatic rings. The lowest BCUT2D eigenvalue weighted by atomic mass is 10.1. The van der Waals surface area contributed by atoms with Crippen LogP contribution in [-0.4, -0.2) is 22.0 Å². The summed E-state index contributed by atoms with van der Waals surface area (Å²) >= 11 is 0. The lowest BCUT2D eigenvalue weighted by molar-refractivity contribution is 0.434. The van der Waals surface area contributed by atoms with Gasteiger partial charge in [-0.3, -0.25) is 0 Å². The van der Waals surface area contributed by atoms with E-state index in [1.54, 1.807) is 12.1 Å². The van der Waals surface area contributed by atoms with Crippen molar-refractivity contribution in [3.05, 3.63) is 35.6 Å². The Kier molecular flexibility index (Phi) is 3.00. The average Bonchev–Trinajstić information content (AvgIpc) is 2.03. The van der Waals surface area contributed by atoms with Crippen molar-refractivity contribution in [1.29, 1.82) is 0 Å². The summed E-state index contributed by atoms with van der Waals surface area (Å²) < 4.78 is 14.6. The van der Waals surface area contributed by atoms with Crippen molar-refractivity contribution in [2.24, 2.45) is 0 Å². The quantitative estimate of drug-likeness (QED) is 0.628. The van der Waals surface area contributed by atoms with E-state index in [1.807, 2.05) is 24.6 Å². The number of rotatable bonds is 2. The molecule has 0 heterocycles. The highest BCUT2D eigenvalue weighted by atomic mass is 28.2. The van der Waals surface area contributed by atoms with E-state index in [9.17, 15) is 4.39 Å². The molecule has 12 heavy (non-hydrogen) atoms. The molecule has 0 saturated heterocycles. The molecule has 0 aliphatic heterocycles. The van der Waals surface area contributed by atoms with Gasteiger partial charge in [0.1, 0.15) is 16.2 Å². The van der Waals surface area contributed by atoms with Gasteiger partial charge in [0.2, 0.25) is 0 Å². The normalized spacial score (nSPS) is 13.4. The minimum absolute atomic E-state index is 0.178. The second kappa shape index (κ2) is 3.82. The van der Waals surface area contributed by atoms with E-state index in [0.717, 1.165) is 5.56 Å². The second-order valence-electron chi connectivity index (χ2n) is 2.84. The molecule has 1 rings (SSSR count). The summed E-state index contributed by atoms with van der Waals surface area (Å²) in [6.45, 7) is 2.00. The average molecular weight is 180 g/mol. The van der Waals surface area contributed by atoms with Crippen molar-refractivity contribution in [1.82, 2.24) is 4.57 Å². The van der Waals surface area contributed by atoms with Crippen molar-refractivity contribution in [3.8, 4) is 0 Å². The van der Waals surface area contributed by atoms with Gasteiger partial charge in [-0.25, -0.2) is 4.39 Å². The molecule has 0 N–H and O–H groups in total. The molecule has 0 spiro atoms. The van der Waals surface area contributed by atoms with Gasteiger partial charge in [0, 0.05) is 6.04 Å². The number of halogens is 1. The summed E-state index contributed by atoms with van der Waals surface area (Å²) in [4.78, 5) is 0. The first-order chi connectivity index (χ1) is 5.61. The van der Waals surface area contributed by atoms with Crippen LogP contribution in [0.1, 0.15) is 18.5 Å². The molecule has 1 aromatic rings. The molecular weight excluding hydrogens is 169 g/mol. The van der Waals surface area contributed by atoms with Crippen LogP contribution in [0.2, 0.25) is 0 Å². The van der Waals surface area contributed by atoms with Crippen molar-refractivity contribution < 1.29 is 4.39 Å². The van der Waals surface area contributed by atoms with Gasteiger partial charge < -0.3 is 4.57 Å². The maximum absolute atomic E-state index is 12.8. The Labute approximate surface area is 75.7 Å².